The van der Waals surface area contributed by atoms with Crippen LogP contribution < -0.4 is 9.47 Å². The number of rotatable bonds is 2. The van der Waals surface area contributed by atoms with Gasteiger partial charge in [0.15, 0.2) is 5.78 Å². The Bertz CT molecular complexity index is 415. The number of benzene rings is 1. The van der Waals surface area contributed by atoms with Gasteiger partial charge in [0, 0.05) is 5.56 Å². The number of Topliss-reactive ketones (excluding diaryl/α,β-unsaturated/α-hetero) is 1. The van der Waals surface area contributed by atoms with Crippen molar-refractivity contribution in [1.82, 2.24) is 0 Å². The summed E-state index contributed by atoms with van der Waals surface area (Å²) in [6.45, 7) is 0. The Morgan fingerprint density at radius 3 is 2.47 bits per heavy atom. The van der Waals surface area contributed by atoms with Crippen molar-refractivity contribution in [2.75, 3.05) is 14.2 Å². The molecule has 0 amide bonds. The highest BCUT2D eigenvalue weighted by atomic mass is 79.9. The van der Waals surface area contributed by atoms with Gasteiger partial charge in [-0.2, -0.15) is 0 Å². The third-order valence-electron chi connectivity index (χ3n) is 2.59. The molecular weight excluding hydrogens is 260 g/mol. The van der Waals surface area contributed by atoms with Gasteiger partial charge >= 0.3 is 0 Å². The average molecular weight is 271 g/mol. The molecule has 0 radical (unpaired) electrons. The summed E-state index contributed by atoms with van der Waals surface area (Å²) < 4.78 is 10.4. The van der Waals surface area contributed by atoms with Gasteiger partial charge < -0.3 is 9.47 Å². The molecule has 3 nitrogen and oxygen atoms in total. The quantitative estimate of drug-likeness (QED) is 0.773. The Hall–Kier alpha value is -1.03. The number of carbonyl (C=O) groups is 1. The van der Waals surface area contributed by atoms with Gasteiger partial charge in [0.25, 0.3) is 0 Å². The van der Waals surface area contributed by atoms with Crippen LogP contribution in [0.25, 0.3) is 0 Å². The van der Waals surface area contributed by atoms with Gasteiger partial charge in [-0.1, -0.05) is 15.9 Å². The summed E-state index contributed by atoms with van der Waals surface area (Å²) in [7, 11) is 3.17. The summed E-state index contributed by atoms with van der Waals surface area (Å²) in [5, 5.41) is 0. The van der Waals surface area contributed by atoms with Gasteiger partial charge in [-0.15, -0.1) is 0 Å². The second kappa shape index (κ2) is 3.85. The van der Waals surface area contributed by atoms with Gasteiger partial charge in [-0.3, -0.25) is 4.79 Å². The van der Waals surface area contributed by atoms with Crippen LogP contribution in [0.4, 0.5) is 0 Å². The molecule has 1 atom stereocenters. The first kappa shape index (κ1) is 10.5. The monoisotopic (exact) mass is 270 g/mol. The van der Waals surface area contributed by atoms with Crippen LogP contribution in [0.5, 0.6) is 11.5 Å². The number of hydrogen-bond acceptors (Lipinski definition) is 3. The summed E-state index contributed by atoms with van der Waals surface area (Å²) in [4.78, 5) is 11.7. The van der Waals surface area contributed by atoms with E-state index in [1.165, 1.54) is 0 Å². The molecule has 1 aliphatic rings. The molecule has 0 bridgehead atoms. The Kier molecular flexibility index (Phi) is 2.69. The largest absolute Gasteiger partial charge is 0.496 e. The fourth-order valence-corrected chi connectivity index (χ4v) is 2.42. The van der Waals surface area contributed by atoms with Crippen molar-refractivity contribution in [3.05, 3.63) is 23.3 Å². The summed E-state index contributed by atoms with van der Waals surface area (Å²) >= 11 is 3.35. The second-order valence-electron chi connectivity index (χ2n) is 3.36. The molecule has 0 heterocycles. The van der Waals surface area contributed by atoms with E-state index in [1.54, 1.807) is 20.3 Å². The lowest BCUT2D eigenvalue weighted by Crippen LogP contribution is -2.07. The summed E-state index contributed by atoms with van der Waals surface area (Å²) in [5.74, 6) is 1.44. The Labute approximate surface area is 96.5 Å². The highest BCUT2D eigenvalue weighted by Crippen LogP contribution is 2.39. The van der Waals surface area contributed by atoms with E-state index in [2.05, 4.69) is 15.9 Å². The van der Waals surface area contributed by atoms with Gasteiger partial charge in [-0.25, -0.2) is 0 Å². The SMILES string of the molecule is COc1ccc(OC)c2c1C[C@@H](Br)C2=O. The molecule has 1 aliphatic carbocycles. The third kappa shape index (κ3) is 1.53. The maximum atomic E-state index is 11.9. The van der Waals surface area contributed by atoms with Crippen LogP contribution in [0.15, 0.2) is 12.1 Å². The van der Waals surface area contributed by atoms with E-state index in [1.807, 2.05) is 6.07 Å². The van der Waals surface area contributed by atoms with Crippen molar-refractivity contribution in [1.29, 1.82) is 0 Å². The van der Waals surface area contributed by atoms with Crippen LogP contribution in [0.1, 0.15) is 15.9 Å². The molecule has 0 saturated heterocycles. The highest BCUT2D eigenvalue weighted by molar-refractivity contribution is 9.10. The van der Waals surface area contributed by atoms with Crippen molar-refractivity contribution in [2.24, 2.45) is 0 Å². The molecular formula is C11H11BrO3. The Morgan fingerprint density at radius 1 is 1.27 bits per heavy atom. The maximum Gasteiger partial charge on any atom is 0.180 e. The first-order valence-corrected chi connectivity index (χ1v) is 5.52. The summed E-state index contributed by atoms with van der Waals surface area (Å²) in [6, 6.07) is 3.59. The van der Waals surface area contributed by atoms with Gasteiger partial charge in [0.2, 0.25) is 0 Å². The van der Waals surface area contributed by atoms with Crippen LogP contribution in [-0.2, 0) is 6.42 Å². The van der Waals surface area contributed by atoms with E-state index in [4.69, 9.17) is 9.47 Å². The minimum atomic E-state index is -0.155. The van der Waals surface area contributed by atoms with E-state index < -0.39 is 0 Å². The molecule has 0 unspecified atom stereocenters. The van der Waals surface area contributed by atoms with Crippen LogP contribution in [0.3, 0.4) is 0 Å². The zero-order chi connectivity index (χ0) is 11.0. The average Bonchev–Trinajstić information content (AvgIpc) is 2.55. The standard InChI is InChI=1S/C11H11BrO3/c1-14-8-3-4-9(15-2)10-6(8)5-7(12)11(10)13/h3-4,7H,5H2,1-2H3/t7-/m1/s1. The predicted octanol–water partition coefficient (Wildman–Crippen LogP) is 2.21. The highest BCUT2D eigenvalue weighted by Gasteiger charge is 2.33. The minimum absolute atomic E-state index is 0.0701. The molecule has 0 aromatic heterocycles. The van der Waals surface area contributed by atoms with Crippen molar-refractivity contribution < 1.29 is 14.3 Å². The number of alkyl halides is 1. The van der Waals surface area contributed by atoms with Gasteiger partial charge in [0.1, 0.15) is 11.5 Å². The van der Waals surface area contributed by atoms with E-state index in [0.29, 0.717) is 17.7 Å². The van der Waals surface area contributed by atoms with E-state index >= 15 is 0 Å². The number of ether oxygens (including phenoxy) is 2. The third-order valence-corrected chi connectivity index (χ3v) is 3.33. The zero-order valence-corrected chi connectivity index (χ0v) is 10.1. The number of fused-ring (bicyclic) bond motifs is 1. The molecule has 0 spiro atoms. The van der Waals surface area contributed by atoms with Crippen molar-refractivity contribution in [3.8, 4) is 11.5 Å². The van der Waals surface area contributed by atoms with Crippen LogP contribution in [0, 0.1) is 0 Å². The lowest BCUT2D eigenvalue weighted by Gasteiger charge is -2.09. The van der Waals surface area contributed by atoms with Crippen LogP contribution >= 0.6 is 15.9 Å². The first-order chi connectivity index (χ1) is 7.19. The Morgan fingerprint density at radius 2 is 1.87 bits per heavy atom. The van der Waals surface area contributed by atoms with Crippen LogP contribution in [0.2, 0.25) is 0 Å². The van der Waals surface area contributed by atoms with E-state index in [9.17, 15) is 4.79 Å². The topological polar surface area (TPSA) is 35.5 Å². The van der Waals surface area contributed by atoms with E-state index in [0.717, 1.165) is 11.3 Å². The molecule has 1 aromatic carbocycles. The lowest BCUT2D eigenvalue weighted by molar-refractivity contribution is 0.0999. The van der Waals surface area contributed by atoms with Gasteiger partial charge in [-0.05, 0) is 18.6 Å². The van der Waals surface area contributed by atoms with Crippen molar-refractivity contribution in [3.63, 3.8) is 0 Å². The molecule has 1 aromatic rings. The number of methoxy groups -OCH3 is 2. The Balaban J connectivity index is 2.62. The number of halogens is 1. The summed E-state index contributed by atoms with van der Waals surface area (Å²) in [6.07, 6.45) is 0.661. The first-order valence-electron chi connectivity index (χ1n) is 4.61. The molecule has 0 aliphatic heterocycles. The molecule has 0 fully saturated rings. The minimum Gasteiger partial charge on any atom is -0.496 e. The van der Waals surface area contributed by atoms with E-state index in [-0.39, 0.29) is 10.6 Å². The smallest absolute Gasteiger partial charge is 0.180 e. The number of ketones is 1. The molecule has 15 heavy (non-hydrogen) atoms. The molecule has 0 saturated carbocycles. The molecule has 80 valence electrons. The predicted molar refractivity (Wildman–Crippen MR) is 60.3 cm³/mol. The number of hydrogen-bond donors (Lipinski definition) is 0. The lowest BCUT2D eigenvalue weighted by atomic mass is 10.1. The van der Waals surface area contributed by atoms with Gasteiger partial charge in [0.05, 0.1) is 24.6 Å². The van der Waals surface area contributed by atoms with Crippen molar-refractivity contribution >= 4 is 21.7 Å². The fourth-order valence-electron chi connectivity index (χ4n) is 1.87. The molecule has 0 N–H and O–H groups in total. The zero-order valence-electron chi connectivity index (χ0n) is 8.54. The molecule has 4 heteroatoms. The normalized spacial score (nSPS) is 18.9. The maximum absolute atomic E-state index is 11.9. The number of carbonyl (C=O) groups excluding carboxylic acids is 1. The van der Waals surface area contributed by atoms with Crippen LogP contribution in [-0.4, -0.2) is 24.8 Å². The molecule has 2 rings (SSSR count). The van der Waals surface area contributed by atoms with Crippen molar-refractivity contribution in [2.45, 2.75) is 11.2 Å². The fraction of sp³-hybridized carbons (Fsp3) is 0.364. The summed E-state index contributed by atoms with van der Waals surface area (Å²) in [5.41, 5.74) is 1.59. The second-order valence-corrected chi connectivity index (χ2v) is 4.46.